The molecule has 2 heterocycles. The molecule has 0 aliphatic carbocycles. The van der Waals surface area contributed by atoms with Gasteiger partial charge in [0.25, 0.3) is 11.5 Å². The summed E-state index contributed by atoms with van der Waals surface area (Å²) >= 11 is 7.36. The van der Waals surface area contributed by atoms with Gasteiger partial charge in [0, 0.05) is 27.9 Å². The number of carbonyl (C=O) groups excluding carboxylic acids is 2. The summed E-state index contributed by atoms with van der Waals surface area (Å²) in [5.41, 5.74) is 0.787. The van der Waals surface area contributed by atoms with E-state index in [-0.39, 0.29) is 24.1 Å². The van der Waals surface area contributed by atoms with Crippen molar-refractivity contribution in [3.63, 3.8) is 0 Å². The van der Waals surface area contributed by atoms with E-state index in [4.69, 9.17) is 16.3 Å². The molecule has 2 N–H and O–H groups in total. The number of rotatable bonds is 5. The van der Waals surface area contributed by atoms with E-state index in [2.05, 4.69) is 10.6 Å². The minimum Gasteiger partial charge on any atom is -0.444 e. The zero-order valence-corrected chi connectivity index (χ0v) is 20.4. The summed E-state index contributed by atoms with van der Waals surface area (Å²) in [5.74, 6) is 0.183. The van der Waals surface area contributed by atoms with Crippen LogP contribution in [0, 0.1) is 0 Å². The third-order valence-electron chi connectivity index (χ3n) is 4.63. The van der Waals surface area contributed by atoms with Crippen LogP contribution in [0.5, 0.6) is 0 Å². The topological polar surface area (TPSA) is 89.4 Å². The van der Waals surface area contributed by atoms with Gasteiger partial charge in [-0.15, -0.1) is 11.8 Å². The molecule has 32 heavy (non-hydrogen) atoms. The molecule has 1 aromatic carbocycles. The Balaban J connectivity index is 2.02. The molecular weight excluding hydrogens is 450 g/mol. The van der Waals surface area contributed by atoms with Crippen molar-refractivity contribution in [2.24, 2.45) is 0 Å². The Kier molecular flexibility index (Phi) is 7.25. The fraction of sp³-hybridized carbons (Fsp3) is 0.435. The first-order valence-electron chi connectivity index (χ1n) is 10.4. The normalized spacial score (nSPS) is 15.4. The second-order valence-corrected chi connectivity index (χ2v) is 10.4. The quantitative estimate of drug-likeness (QED) is 0.667. The van der Waals surface area contributed by atoms with Crippen LogP contribution in [0.2, 0.25) is 5.02 Å². The SMILES string of the molecule is CC(C)NC(=O)c1cn(Cc2ccc(Cl)cc2)c(=O)c2c1SC[C@@H]2NC(=O)OC(C)(C)C. The van der Waals surface area contributed by atoms with Crippen LogP contribution in [0.1, 0.15) is 62.1 Å². The summed E-state index contributed by atoms with van der Waals surface area (Å²) < 4.78 is 6.87. The molecule has 2 aromatic rings. The number of nitrogens with one attached hydrogen (secondary N) is 2. The first-order chi connectivity index (χ1) is 14.9. The van der Waals surface area contributed by atoms with Crippen LogP contribution in [-0.2, 0) is 11.3 Å². The molecular formula is C23H28ClN3O4S. The smallest absolute Gasteiger partial charge is 0.408 e. The van der Waals surface area contributed by atoms with Crippen molar-refractivity contribution in [3.8, 4) is 0 Å². The largest absolute Gasteiger partial charge is 0.444 e. The molecule has 9 heteroatoms. The molecule has 1 aliphatic rings. The summed E-state index contributed by atoms with van der Waals surface area (Å²) in [6.07, 6.45) is 0.993. The van der Waals surface area contributed by atoms with Gasteiger partial charge in [0.1, 0.15) is 5.60 Å². The van der Waals surface area contributed by atoms with E-state index in [9.17, 15) is 14.4 Å². The predicted molar refractivity (Wildman–Crippen MR) is 127 cm³/mol. The summed E-state index contributed by atoms with van der Waals surface area (Å²) in [6, 6.07) is 6.56. The number of alkyl carbamates (subject to hydrolysis) is 1. The van der Waals surface area contributed by atoms with Gasteiger partial charge in [-0.05, 0) is 52.3 Å². The molecule has 0 radical (unpaired) electrons. The number of halogens is 1. The second kappa shape index (κ2) is 9.58. The molecule has 7 nitrogen and oxygen atoms in total. The maximum Gasteiger partial charge on any atom is 0.408 e. The van der Waals surface area contributed by atoms with E-state index in [1.54, 1.807) is 39.1 Å². The molecule has 1 aromatic heterocycles. The third kappa shape index (κ3) is 5.86. The lowest BCUT2D eigenvalue weighted by Gasteiger charge is -2.22. The van der Waals surface area contributed by atoms with Gasteiger partial charge < -0.3 is 19.9 Å². The minimum atomic E-state index is -0.660. The highest BCUT2D eigenvalue weighted by Crippen LogP contribution is 2.38. The maximum atomic E-state index is 13.4. The number of thioether (sulfide) groups is 1. The van der Waals surface area contributed by atoms with Crippen molar-refractivity contribution in [3.05, 3.63) is 62.5 Å². The fourth-order valence-electron chi connectivity index (χ4n) is 3.35. The average molecular weight is 478 g/mol. The van der Waals surface area contributed by atoms with Gasteiger partial charge in [-0.1, -0.05) is 23.7 Å². The van der Waals surface area contributed by atoms with Crippen molar-refractivity contribution in [2.45, 2.75) is 63.7 Å². The highest BCUT2D eigenvalue weighted by molar-refractivity contribution is 7.99. The van der Waals surface area contributed by atoms with E-state index in [1.807, 2.05) is 26.0 Å². The molecule has 0 fully saturated rings. The Hall–Kier alpha value is -2.45. The van der Waals surface area contributed by atoms with Gasteiger partial charge >= 0.3 is 6.09 Å². The number of carbonyl (C=O) groups is 2. The van der Waals surface area contributed by atoms with Crippen molar-refractivity contribution >= 4 is 35.4 Å². The molecule has 0 bridgehead atoms. The summed E-state index contributed by atoms with van der Waals surface area (Å²) in [5, 5.41) is 6.29. The minimum absolute atomic E-state index is 0.0584. The number of hydrogen-bond donors (Lipinski definition) is 2. The van der Waals surface area contributed by atoms with Gasteiger partial charge in [0.05, 0.1) is 23.7 Å². The Morgan fingerprint density at radius 2 is 1.91 bits per heavy atom. The molecule has 3 rings (SSSR count). The summed E-state index contributed by atoms with van der Waals surface area (Å²) in [6.45, 7) is 9.35. The zero-order valence-electron chi connectivity index (χ0n) is 18.8. The first-order valence-corrected chi connectivity index (χ1v) is 11.8. The standard InChI is InChI=1S/C23H28ClN3O4S/c1-13(2)25-20(28)16-11-27(10-14-6-8-15(24)9-7-14)21(29)18-17(12-32-19(16)18)26-22(30)31-23(3,4)5/h6-9,11,13,17H,10,12H2,1-5H3,(H,25,28)(H,26,30)/t17-/m0/s1. The van der Waals surface area contributed by atoms with Crippen LogP contribution in [0.4, 0.5) is 4.79 Å². The molecule has 0 spiro atoms. The average Bonchev–Trinajstić information content (AvgIpc) is 3.07. The van der Waals surface area contributed by atoms with E-state index in [1.165, 1.54) is 16.3 Å². The summed E-state index contributed by atoms with van der Waals surface area (Å²) in [7, 11) is 0. The lowest BCUT2D eigenvalue weighted by Crippen LogP contribution is -2.38. The van der Waals surface area contributed by atoms with E-state index in [0.29, 0.717) is 26.8 Å². The van der Waals surface area contributed by atoms with Gasteiger partial charge in [0.2, 0.25) is 0 Å². The van der Waals surface area contributed by atoms with Crippen LogP contribution < -0.4 is 16.2 Å². The maximum absolute atomic E-state index is 13.4. The number of hydrogen-bond acceptors (Lipinski definition) is 5. The number of pyridine rings is 1. The van der Waals surface area contributed by atoms with Crippen molar-refractivity contribution in [1.82, 2.24) is 15.2 Å². The van der Waals surface area contributed by atoms with Gasteiger partial charge in [-0.25, -0.2) is 4.79 Å². The number of benzene rings is 1. The molecule has 0 saturated heterocycles. The highest BCUT2D eigenvalue weighted by atomic mass is 35.5. The highest BCUT2D eigenvalue weighted by Gasteiger charge is 2.34. The van der Waals surface area contributed by atoms with E-state index < -0.39 is 17.7 Å². The summed E-state index contributed by atoms with van der Waals surface area (Å²) in [4.78, 5) is 39.3. The number of amides is 2. The second-order valence-electron chi connectivity index (χ2n) is 8.98. The Morgan fingerprint density at radius 1 is 1.25 bits per heavy atom. The van der Waals surface area contributed by atoms with Gasteiger partial charge in [-0.2, -0.15) is 0 Å². The molecule has 172 valence electrons. The monoisotopic (exact) mass is 477 g/mol. The lowest BCUT2D eigenvalue weighted by molar-refractivity contribution is 0.0508. The van der Waals surface area contributed by atoms with Crippen LogP contribution in [-0.4, -0.2) is 34.0 Å². The zero-order chi connectivity index (χ0) is 23.6. The van der Waals surface area contributed by atoms with E-state index in [0.717, 1.165) is 5.56 Å². The number of aromatic nitrogens is 1. The predicted octanol–water partition coefficient (Wildman–Crippen LogP) is 4.36. The Labute approximate surface area is 196 Å². The third-order valence-corrected chi connectivity index (χ3v) is 6.11. The number of fused-ring (bicyclic) bond motifs is 1. The lowest BCUT2D eigenvalue weighted by atomic mass is 10.1. The van der Waals surface area contributed by atoms with Crippen molar-refractivity contribution < 1.29 is 14.3 Å². The van der Waals surface area contributed by atoms with Crippen molar-refractivity contribution in [2.75, 3.05) is 5.75 Å². The first kappa shape index (κ1) is 24.2. The Bertz CT molecular complexity index is 1070. The van der Waals surface area contributed by atoms with Crippen LogP contribution >= 0.6 is 23.4 Å². The molecule has 1 atom stereocenters. The van der Waals surface area contributed by atoms with Gasteiger partial charge in [-0.3, -0.25) is 9.59 Å². The molecule has 2 amide bonds. The van der Waals surface area contributed by atoms with Crippen LogP contribution in [0.15, 0.2) is 40.2 Å². The molecule has 1 aliphatic heterocycles. The van der Waals surface area contributed by atoms with E-state index >= 15 is 0 Å². The number of ether oxygens (including phenoxy) is 1. The van der Waals surface area contributed by atoms with Crippen LogP contribution in [0.25, 0.3) is 0 Å². The van der Waals surface area contributed by atoms with Gasteiger partial charge in [0.15, 0.2) is 0 Å². The fourth-order valence-corrected chi connectivity index (χ4v) is 4.75. The number of nitrogens with zero attached hydrogens (tertiary/aromatic N) is 1. The molecule has 0 unspecified atom stereocenters. The van der Waals surface area contributed by atoms with Crippen LogP contribution in [0.3, 0.4) is 0 Å². The molecule has 0 saturated carbocycles. The van der Waals surface area contributed by atoms with Crippen molar-refractivity contribution in [1.29, 1.82) is 0 Å². The Morgan fingerprint density at radius 3 is 2.50 bits per heavy atom.